The number of anilines is 1. The van der Waals surface area contributed by atoms with Crippen LogP contribution >= 0.6 is 11.6 Å². The standard InChI is InChI=1S/C46H52ClN7O7S2/c1-46(2)17-13-35(41(28-46)32-5-8-36(47)9-6-32)30-52-19-21-53(22-20-52)37-10-12-40(43(26-37)61-38-25-34-14-18-49-44(34)50-29-38)45(55)51-63(59,60)39-11-7-33(42(27-39)54(56)57)4-3-31-15-23-62(48,58)24-16-31/h5-12,14,18,25-27,29,31,48H,3-4,13,15-17,19-24,28,30H2,1-2H3,(H,49,50)(H,51,55). The first-order chi connectivity index (χ1) is 30.0. The van der Waals surface area contributed by atoms with Gasteiger partial charge in [-0.2, -0.15) is 0 Å². The maximum Gasteiger partial charge on any atom is 0.273 e. The number of benzene rings is 3. The maximum absolute atomic E-state index is 13.9. The molecule has 2 fully saturated rings. The lowest BCUT2D eigenvalue weighted by Gasteiger charge is -2.39. The molecule has 0 atom stereocenters. The molecule has 0 radical (unpaired) electrons. The van der Waals surface area contributed by atoms with E-state index in [4.69, 9.17) is 21.1 Å². The van der Waals surface area contributed by atoms with Crippen LogP contribution in [0.5, 0.6) is 11.5 Å². The second-order valence-electron chi connectivity index (χ2n) is 17.7. The number of allylic oxidation sites excluding steroid dienone is 1. The number of piperazine rings is 1. The highest BCUT2D eigenvalue weighted by molar-refractivity contribution is 7.92. The Morgan fingerprint density at radius 1 is 1.05 bits per heavy atom. The van der Waals surface area contributed by atoms with Crippen molar-refractivity contribution in [2.75, 3.05) is 49.1 Å². The van der Waals surface area contributed by atoms with E-state index in [1.807, 2.05) is 18.2 Å². The Bertz CT molecular complexity index is 2790. The Labute approximate surface area is 373 Å². The zero-order valence-electron chi connectivity index (χ0n) is 35.4. The van der Waals surface area contributed by atoms with E-state index in [0.717, 1.165) is 61.1 Å². The van der Waals surface area contributed by atoms with E-state index in [1.165, 1.54) is 41.1 Å². The second-order valence-corrected chi connectivity index (χ2v) is 22.3. The minimum absolute atomic E-state index is 0.0489. The van der Waals surface area contributed by atoms with E-state index in [2.05, 4.69) is 50.5 Å². The molecule has 2 saturated heterocycles. The van der Waals surface area contributed by atoms with E-state index >= 15 is 0 Å². The van der Waals surface area contributed by atoms with Gasteiger partial charge in [-0.15, -0.1) is 0 Å². The number of nitro benzene ring substituents is 1. The number of nitrogens with zero attached hydrogens (tertiary/aromatic N) is 4. The summed E-state index contributed by atoms with van der Waals surface area (Å²) in [7, 11) is -7.12. The molecule has 17 heteroatoms. The first-order valence-corrected chi connectivity index (χ1v) is 25.0. The highest BCUT2D eigenvalue weighted by Gasteiger charge is 2.31. The predicted molar refractivity (Wildman–Crippen MR) is 247 cm³/mol. The lowest BCUT2D eigenvalue weighted by molar-refractivity contribution is -0.385. The number of amides is 1. The summed E-state index contributed by atoms with van der Waals surface area (Å²) < 4.78 is 55.8. The summed E-state index contributed by atoms with van der Waals surface area (Å²) in [6.45, 7) is 8.59. The summed E-state index contributed by atoms with van der Waals surface area (Å²) >= 11 is 6.24. The molecule has 4 heterocycles. The van der Waals surface area contributed by atoms with Crippen molar-refractivity contribution in [3.05, 3.63) is 123 Å². The third-order valence-electron chi connectivity index (χ3n) is 12.7. The van der Waals surface area contributed by atoms with Crippen LogP contribution in [-0.4, -0.2) is 82.6 Å². The first kappa shape index (κ1) is 44.3. The summed E-state index contributed by atoms with van der Waals surface area (Å²) in [4.78, 5) is 37.2. The number of carbonyl (C=O) groups is 1. The minimum atomic E-state index is -4.57. The molecule has 14 nitrogen and oxygen atoms in total. The molecule has 0 unspecified atom stereocenters. The molecule has 63 heavy (non-hydrogen) atoms. The van der Waals surface area contributed by atoms with Crippen molar-refractivity contribution >= 4 is 65.2 Å². The number of aromatic amines is 1. The van der Waals surface area contributed by atoms with Crippen LogP contribution in [0.2, 0.25) is 5.02 Å². The molecule has 1 amide bonds. The number of fused-ring (bicyclic) bond motifs is 1. The van der Waals surface area contributed by atoms with Gasteiger partial charge in [-0.25, -0.2) is 22.3 Å². The zero-order chi connectivity index (χ0) is 44.5. The predicted octanol–water partition coefficient (Wildman–Crippen LogP) is 9.21. The minimum Gasteiger partial charge on any atom is -0.455 e. The van der Waals surface area contributed by atoms with Crippen LogP contribution in [0.4, 0.5) is 11.4 Å². The monoisotopic (exact) mass is 913 g/mol. The average Bonchev–Trinajstić information content (AvgIpc) is 3.72. The number of halogens is 1. The number of carbonyl (C=O) groups excluding carboxylic acids is 1. The van der Waals surface area contributed by atoms with Crippen molar-refractivity contribution in [2.45, 2.75) is 63.7 Å². The Hall–Kier alpha value is -5.29. The number of hydrogen-bond donors (Lipinski definition) is 3. The van der Waals surface area contributed by atoms with Crippen LogP contribution in [0.3, 0.4) is 0 Å². The van der Waals surface area contributed by atoms with Gasteiger partial charge in [-0.3, -0.25) is 24.6 Å². The molecule has 5 aromatic rings. The number of nitro groups is 1. The van der Waals surface area contributed by atoms with Crippen molar-refractivity contribution in [3.63, 3.8) is 0 Å². The Balaban J connectivity index is 0.996. The number of hydrogen-bond acceptors (Lipinski definition) is 11. The molecule has 3 aliphatic rings. The van der Waals surface area contributed by atoms with Gasteiger partial charge in [0.05, 0.1) is 21.6 Å². The fraction of sp³-hybridized carbons (Fsp3) is 0.391. The molecule has 0 spiro atoms. The van der Waals surface area contributed by atoms with Gasteiger partial charge in [0.15, 0.2) is 0 Å². The van der Waals surface area contributed by atoms with Crippen LogP contribution < -0.4 is 14.4 Å². The van der Waals surface area contributed by atoms with Crippen LogP contribution in [0.15, 0.2) is 95.7 Å². The number of nitrogens with one attached hydrogen (secondary N) is 3. The molecule has 2 aromatic heterocycles. The smallest absolute Gasteiger partial charge is 0.273 e. The molecule has 332 valence electrons. The number of aryl methyl sites for hydroxylation is 1. The number of aromatic nitrogens is 2. The van der Waals surface area contributed by atoms with Crippen molar-refractivity contribution in [2.24, 2.45) is 11.3 Å². The first-order valence-electron chi connectivity index (χ1n) is 21.3. The topological polar surface area (TPSA) is 192 Å². The largest absolute Gasteiger partial charge is 0.455 e. The van der Waals surface area contributed by atoms with Gasteiger partial charge in [0.1, 0.15) is 17.1 Å². The van der Waals surface area contributed by atoms with Gasteiger partial charge in [0, 0.05) is 93.9 Å². The zero-order valence-corrected chi connectivity index (χ0v) is 37.8. The number of H-pyrrole nitrogens is 1. The molecule has 1 aliphatic carbocycles. The quantitative estimate of drug-likeness (QED) is 0.0758. The molecule has 0 saturated carbocycles. The van der Waals surface area contributed by atoms with Crippen molar-refractivity contribution in [1.29, 1.82) is 4.78 Å². The summed E-state index contributed by atoms with van der Waals surface area (Å²) in [6.07, 6.45) is 8.57. The number of ether oxygens (including phenoxy) is 1. The Morgan fingerprint density at radius 3 is 2.52 bits per heavy atom. The lowest BCUT2D eigenvalue weighted by atomic mass is 9.72. The van der Waals surface area contributed by atoms with Crippen LogP contribution in [0, 0.1) is 26.2 Å². The van der Waals surface area contributed by atoms with E-state index in [1.54, 1.807) is 24.4 Å². The van der Waals surface area contributed by atoms with E-state index in [0.29, 0.717) is 67.2 Å². The number of rotatable bonds is 13. The third kappa shape index (κ3) is 10.6. The Kier molecular flexibility index (Phi) is 12.7. The summed E-state index contributed by atoms with van der Waals surface area (Å²) in [6, 6.07) is 20.4. The SMILES string of the molecule is CC1(C)CCC(CN2CCN(c3ccc(C(=O)NS(=O)(=O)c4ccc(CCC5CCS(=N)(=O)CC5)c([N+](=O)[O-])c4)c(Oc4cnc5[nH]ccc5c4)c3)CC2)=C(c2ccc(Cl)cc2)C1. The number of sulfonamides is 1. The van der Waals surface area contributed by atoms with Crippen molar-refractivity contribution in [3.8, 4) is 11.5 Å². The summed E-state index contributed by atoms with van der Waals surface area (Å²) in [5.41, 5.74) is 5.71. The van der Waals surface area contributed by atoms with E-state index in [-0.39, 0.29) is 28.3 Å². The highest BCUT2D eigenvalue weighted by atomic mass is 35.5. The fourth-order valence-corrected chi connectivity index (χ4v) is 11.7. The lowest BCUT2D eigenvalue weighted by Crippen LogP contribution is -2.47. The molecular weight excluding hydrogens is 862 g/mol. The van der Waals surface area contributed by atoms with Gasteiger partial charge in [-0.1, -0.05) is 49.2 Å². The summed E-state index contributed by atoms with van der Waals surface area (Å²) in [5.74, 6) is 0.294. The molecule has 8 rings (SSSR count). The number of pyridine rings is 1. The molecule has 3 N–H and O–H groups in total. The van der Waals surface area contributed by atoms with Crippen molar-refractivity contribution in [1.82, 2.24) is 19.6 Å². The van der Waals surface area contributed by atoms with Gasteiger partial charge in [-0.05, 0) is 110 Å². The van der Waals surface area contributed by atoms with Crippen LogP contribution in [-0.2, 0) is 26.2 Å². The molecule has 3 aromatic carbocycles. The normalized spacial score (nSPS) is 20.7. The molecule has 0 bridgehead atoms. The van der Waals surface area contributed by atoms with Crippen LogP contribution in [0.1, 0.15) is 73.9 Å². The highest BCUT2D eigenvalue weighted by Crippen LogP contribution is 2.43. The summed E-state index contributed by atoms with van der Waals surface area (Å²) in [5, 5.41) is 13.7. The third-order valence-corrected chi connectivity index (χ3v) is 16.0. The second kappa shape index (κ2) is 18.1. The van der Waals surface area contributed by atoms with Crippen molar-refractivity contribution < 1.29 is 27.1 Å². The molecule has 2 aliphatic heterocycles. The van der Waals surface area contributed by atoms with Gasteiger partial charge >= 0.3 is 0 Å². The van der Waals surface area contributed by atoms with Gasteiger partial charge in [0.25, 0.3) is 21.6 Å². The molecular formula is C46H52ClN7O7S2. The average molecular weight is 915 g/mol. The van der Waals surface area contributed by atoms with Gasteiger partial charge in [0.2, 0.25) is 0 Å². The van der Waals surface area contributed by atoms with Gasteiger partial charge < -0.3 is 14.6 Å². The maximum atomic E-state index is 13.9. The van der Waals surface area contributed by atoms with E-state index < -0.39 is 35.5 Å². The van der Waals surface area contributed by atoms with E-state index in [9.17, 15) is 27.5 Å². The van der Waals surface area contributed by atoms with Crippen LogP contribution in [0.25, 0.3) is 16.6 Å². The fourth-order valence-electron chi connectivity index (χ4n) is 8.92. The Morgan fingerprint density at radius 2 is 1.79 bits per heavy atom.